The maximum Gasteiger partial charge on any atom is 0.220 e. The van der Waals surface area contributed by atoms with Crippen molar-refractivity contribution < 1.29 is 19.8 Å². The van der Waals surface area contributed by atoms with Crippen molar-refractivity contribution in [3.63, 3.8) is 0 Å². The van der Waals surface area contributed by atoms with Gasteiger partial charge >= 0.3 is 0 Å². The highest BCUT2D eigenvalue weighted by Gasteiger charge is 2.27. The number of primary amides is 2. The lowest BCUT2D eigenvalue weighted by Crippen LogP contribution is -2.28. The van der Waals surface area contributed by atoms with Gasteiger partial charge in [0.25, 0.3) is 0 Å². The van der Waals surface area contributed by atoms with Gasteiger partial charge in [-0.2, -0.15) is 0 Å². The van der Waals surface area contributed by atoms with Gasteiger partial charge in [0.15, 0.2) is 0 Å². The molecule has 0 fully saturated rings. The monoisotopic (exact) mass is 524 g/mol. The first-order valence-electron chi connectivity index (χ1n) is 13.7. The molecular weight excluding hydrogens is 476 g/mol. The largest absolute Gasteiger partial charge is 0.508 e. The zero-order chi connectivity index (χ0) is 29.0. The number of hydrogen-bond donors (Lipinski definition) is 4. The molecule has 38 heavy (non-hydrogen) atoms. The van der Waals surface area contributed by atoms with E-state index in [2.05, 4.69) is 41.5 Å². The Morgan fingerprint density at radius 1 is 0.684 bits per heavy atom. The Morgan fingerprint density at radius 2 is 1.00 bits per heavy atom. The van der Waals surface area contributed by atoms with E-state index in [1.807, 2.05) is 26.0 Å². The number of aromatic hydroxyl groups is 2. The Labute approximate surface area is 228 Å². The molecule has 0 radical (unpaired) electrons. The first kappa shape index (κ1) is 31.2. The summed E-state index contributed by atoms with van der Waals surface area (Å²) in [5.74, 6) is -0.832. The number of nitrogens with two attached hydrogens (primary N) is 2. The van der Waals surface area contributed by atoms with E-state index in [1.165, 1.54) is 0 Å². The third kappa shape index (κ3) is 7.75. The van der Waals surface area contributed by atoms with Crippen molar-refractivity contribution in [2.45, 2.75) is 105 Å². The van der Waals surface area contributed by atoms with E-state index in [4.69, 9.17) is 11.5 Å². The summed E-state index contributed by atoms with van der Waals surface area (Å²) in [6, 6.07) is 7.17. The molecule has 2 aromatic rings. The number of unbranched alkanes of at least 4 members (excludes halogenated alkanes) is 1. The van der Waals surface area contributed by atoms with Crippen LogP contribution in [0.15, 0.2) is 24.3 Å². The summed E-state index contributed by atoms with van der Waals surface area (Å²) in [5, 5.41) is 20.5. The van der Waals surface area contributed by atoms with Crippen molar-refractivity contribution in [3.05, 3.63) is 57.6 Å². The summed E-state index contributed by atoms with van der Waals surface area (Å²) in [6.07, 6.45) is 3.78. The molecule has 6 N–H and O–H groups in total. The maximum atomic E-state index is 12.4. The molecule has 0 saturated carbocycles. The molecule has 2 atom stereocenters. The van der Waals surface area contributed by atoms with Gasteiger partial charge in [-0.3, -0.25) is 9.59 Å². The molecule has 0 aliphatic rings. The molecule has 6 heteroatoms. The first-order chi connectivity index (χ1) is 17.4. The van der Waals surface area contributed by atoms with Crippen LogP contribution < -0.4 is 11.5 Å². The lowest BCUT2D eigenvalue weighted by atomic mass is 9.77. The standard InChI is InChI=1S/C32H48N2O4/c1-19-25(35)15-13-21(27(19)31(3,4)5)17-23(29(33)37)11-9-10-12-24(30(34)38)18-22-14-16-26(36)20(2)28(22)32(6,7)8/h13-16,23-24,35-36H,9-12,17-18H2,1-8H3,(H2,33,37)(H2,34,38). The zero-order valence-corrected chi connectivity index (χ0v) is 24.6. The molecular formula is C32H48N2O4. The molecule has 0 spiro atoms. The number of benzene rings is 2. The Balaban J connectivity index is 2.12. The molecule has 0 bridgehead atoms. The summed E-state index contributed by atoms with van der Waals surface area (Å²) in [7, 11) is 0. The van der Waals surface area contributed by atoms with Crippen LogP contribution in [0.1, 0.15) is 101 Å². The van der Waals surface area contributed by atoms with E-state index in [0.29, 0.717) is 25.7 Å². The molecule has 0 aromatic heterocycles. The molecule has 6 nitrogen and oxygen atoms in total. The molecule has 210 valence electrons. The van der Waals surface area contributed by atoms with Gasteiger partial charge in [-0.1, -0.05) is 66.5 Å². The summed E-state index contributed by atoms with van der Waals surface area (Å²) in [6.45, 7) is 16.4. The summed E-state index contributed by atoms with van der Waals surface area (Å²) < 4.78 is 0. The Bertz CT molecular complexity index is 1060. The van der Waals surface area contributed by atoms with Crippen molar-refractivity contribution in [3.8, 4) is 11.5 Å². The predicted octanol–water partition coefficient (Wildman–Crippen LogP) is 5.86. The molecule has 2 unspecified atom stereocenters. The summed E-state index contributed by atoms with van der Waals surface area (Å²) >= 11 is 0. The lowest BCUT2D eigenvalue weighted by Gasteiger charge is -2.28. The quantitative estimate of drug-likeness (QED) is 0.275. The van der Waals surface area contributed by atoms with Crippen LogP contribution in [0.3, 0.4) is 0 Å². The Hall–Kier alpha value is -3.02. The van der Waals surface area contributed by atoms with Crippen LogP contribution in [0.25, 0.3) is 0 Å². The number of rotatable bonds is 11. The predicted molar refractivity (Wildman–Crippen MR) is 154 cm³/mol. The fourth-order valence-corrected chi connectivity index (χ4v) is 5.94. The van der Waals surface area contributed by atoms with E-state index in [0.717, 1.165) is 46.2 Å². The van der Waals surface area contributed by atoms with Gasteiger partial charge in [-0.05, 0) is 95.9 Å². The summed E-state index contributed by atoms with van der Waals surface area (Å²) in [5.41, 5.74) is 17.1. The number of hydrogen-bond acceptors (Lipinski definition) is 4. The molecule has 0 aliphatic heterocycles. The van der Waals surface area contributed by atoms with Crippen LogP contribution in [0, 0.1) is 25.7 Å². The average molecular weight is 525 g/mol. The second-order valence-electron chi connectivity index (χ2n) is 12.9. The molecule has 2 aromatic carbocycles. The van der Waals surface area contributed by atoms with Gasteiger partial charge < -0.3 is 21.7 Å². The number of carbonyl (C=O) groups is 2. The van der Waals surface area contributed by atoms with Gasteiger partial charge in [-0.25, -0.2) is 0 Å². The number of phenols is 2. The van der Waals surface area contributed by atoms with Crippen molar-refractivity contribution in [1.82, 2.24) is 0 Å². The third-order valence-corrected chi connectivity index (χ3v) is 7.64. The highest BCUT2D eigenvalue weighted by Crippen LogP contribution is 2.37. The number of amides is 2. The van der Waals surface area contributed by atoms with Crippen LogP contribution in [0.4, 0.5) is 0 Å². The highest BCUT2D eigenvalue weighted by atomic mass is 16.3. The van der Waals surface area contributed by atoms with Crippen LogP contribution >= 0.6 is 0 Å². The van der Waals surface area contributed by atoms with Crippen LogP contribution in [0.5, 0.6) is 11.5 Å². The molecule has 0 heterocycles. The van der Waals surface area contributed by atoms with E-state index < -0.39 is 0 Å². The van der Waals surface area contributed by atoms with Gasteiger partial charge in [-0.15, -0.1) is 0 Å². The minimum Gasteiger partial charge on any atom is -0.508 e. The SMILES string of the molecule is Cc1c(O)ccc(CC(CCCCC(Cc2ccc(O)c(C)c2C(C)(C)C)C(N)=O)C(N)=O)c1C(C)(C)C. The second-order valence-corrected chi connectivity index (χ2v) is 12.9. The van der Waals surface area contributed by atoms with Crippen LogP contribution in [0.2, 0.25) is 0 Å². The van der Waals surface area contributed by atoms with Gasteiger partial charge in [0.1, 0.15) is 11.5 Å². The van der Waals surface area contributed by atoms with Gasteiger partial charge in [0.05, 0.1) is 0 Å². The van der Waals surface area contributed by atoms with Crippen LogP contribution in [-0.2, 0) is 33.3 Å². The topological polar surface area (TPSA) is 127 Å². The lowest BCUT2D eigenvalue weighted by molar-refractivity contribution is -0.123. The minimum atomic E-state index is -0.337. The zero-order valence-electron chi connectivity index (χ0n) is 24.6. The number of phenolic OH excluding ortho intramolecular Hbond substituents is 2. The van der Waals surface area contributed by atoms with E-state index in [-0.39, 0.29) is 46.0 Å². The van der Waals surface area contributed by atoms with Gasteiger partial charge in [0.2, 0.25) is 11.8 Å². The van der Waals surface area contributed by atoms with E-state index >= 15 is 0 Å². The van der Waals surface area contributed by atoms with Crippen molar-refractivity contribution >= 4 is 11.8 Å². The van der Waals surface area contributed by atoms with Crippen LogP contribution in [-0.4, -0.2) is 22.0 Å². The molecule has 2 amide bonds. The highest BCUT2D eigenvalue weighted by molar-refractivity contribution is 5.77. The smallest absolute Gasteiger partial charge is 0.220 e. The van der Waals surface area contributed by atoms with E-state index in [9.17, 15) is 19.8 Å². The molecule has 0 aliphatic carbocycles. The second kappa shape index (κ2) is 12.2. The number of carbonyl (C=O) groups excluding carboxylic acids is 2. The normalized spacial score (nSPS) is 13.8. The minimum absolute atomic E-state index is 0.187. The molecule has 2 rings (SSSR count). The van der Waals surface area contributed by atoms with Crippen molar-refractivity contribution in [2.24, 2.45) is 23.3 Å². The fraction of sp³-hybridized carbons (Fsp3) is 0.562. The third-order valence-electron chi connectivity index (χ3n) is 7.64. The summed E-state index contributed by atoms with van der Waals surface area (Å²) in [4.78, 5) is 24.7. The van der Waals surface area contributed by atoms with Gasteiger partial charge in [0, 0.05) is 11.8 Å². The van der Waals surface area contributed by atoms with Crippen molar-refractivity contribution in [1.29, 1.82) is 0 Å². The van der Waals surface area contributed by atoms with E-state index in [1.54, 1.807) is 12.1 Å². The van der Waals surface area contributed by atoms with Crippen molar-refractivity contribution in [2.75, 3.05) is 0 Å². The fourth-order valence-electron chi connectivity index (χ4n) is 5.94. The maximum absolute atomic E-state index is 12.4. The average Bonchev–Trinajstić information content (AvgIpc) is 2.77. The Morgan fingerprint density at radius 3 is 1.26 bits per heavy atom. The Kier molecular flexibility index (Phi) is 10.0. The first-order valence-corrected chi connectivity index (χ1v) is 13.7. The molecule has 0 saturated heterocycles.